The minimum Gasteiger partial charge on any atom is -0.481 e. The number of amides is 2. The molecule has 1 aliphatic rings. The van der Waals surface area contributed by atoms with Crippen LogP contribution in [0.5, 0.6) is 0 Å². The van der Waals surface area contributed by atoms with Crippen LogP contribution in [0.25, 0.3) is 0 Å². The van der Waals surface area contributed by atoms with Crippen LogP contribution >= 0.6 is 0 Å². The monoisotopic (exact) mass is 258 g/mol. The summed E-state index contributed by atoms with van der Waals surface area (Å²) in [5.74, 6) is -1.26. The van der Waals surface area contributed by atoms with E-state index in [1.165, 1.54) is 0 Å². The molecule has 0 aromatic rings. The largest absolute Gasteiger partial charge is 0.481 e. The van der Waals surface area contributed by atoms with Gasteiger partial charge in [-0.1, -0.05) is 0 Å². The van der Waals surface area contributed by atoms with Gasteiger partial charge in [0.1, 0.15) is 6.61 Å². The van der Waals surface area contributed by atoms with E-state index in [0.29, 0.717) is 0 Å². The van der Waals surface area contributed by atoms with Gasteiger partial charge >= 0.3 is 12.1 Å². The summed E-state index contributed by atoms with van der Waals surface area (Å²) in [5, 5.41) is 8.64. The Morgan fingerprint density at radius 1 is 1.50 bits per heavy atom. The molecule has 1 rings (SSSR count). The molecule has 0 saturated carbocycles. The van der Waals surface area contributed by atoms with E-state index in [4.69, 9.17) is 5.11 Å². The fourth-order valence-electron chi connectivity index (χ4n) is 1.64. The Morgan fingerprint density at radius 3 is 2.61 bits per heavy atom. The van der Waals surface area contributed by atoms with E-state index in [9.17, 15) is 14.4 Å². The second-order valence-corrected chi connectivity index (χ2v) is 4.37. The van der Waals surface area contributed by atoms with Gasteiger partial charge in [0.15, 0.2) is 0 Å². The predicted molar refractivity (Wildman–Crippen MR) is 62.0 cm³/mol. The third-order valence-electron chi connectivity index (χ3n) is 2.74. The van der Waals surface area contributed by atoms with Crippen molar-refractivity contribution >= 4 is 18.0 Å². The van der Waals surface area contributed by atoms with Crippen molar-refractivity contribution < 1.29 is 24.2 Å². The van der Waals surface area contributed by atoms with Crippen LogP contribution in [-0.4, -0.2) is 65.2 Å². The van der Waals surface area contributed by atoms with Gasteiger partial charge in [-0.2, -0.15) is 0 Å². The van der Waals surface area contributed by atoms with E-state index in [1.807, 2.05) is 13.8 Å². The summed E-state index contributed by atoms with van der Waals surface area (Å²) in [6.07, 6.45) is -0.655. The van der Waals surface area contributed by atoms with Crippen LogP contribution in [0.1, 0.15) is 20.3 Å². The van der Waals surface area contributed by atoms with Crippen LogP contribution in [0.3, 0.4) is 0 Å². The molecule has 0 aromatic carbocycles. The molecule has 0 spiro atoms. The Bertz CT molecular complexity index is 342. The molecule has 1 saturated heterocycles. The lowest BCUT2D eigenvalue weighted by Gasteiger charge is -2.26. The number of hydrogen-bond acceptors (Lipinski definition) is 5. The first-order valence-electron chi connectivity index (χ1n) is 5.84. The van der Waals surface area contributed by atoms with Crippen molar-refractivity contribution in [2.75, 3.05) is 26.2 Å². The molecule has 18 heavy (non-hydrogen) atoms. The van der Waals surface area contributed by atoms with Crippen molar-refractivity contribution in [2.24, 2.45) is 0 Å². The summed E-state index contributed by atoms with van der Waals surface area (Å²) in [6.45, 7) is 4.54. The normalized spacial score (nSPS) is 15.3. The van der Waals surface area contributed by atoms with Crippen molar-refractivity contribution in [3.63, 3.8) is 0 Å². The fraction of sp³-hybridized carbons (Fsp3) is 0.727. The third-order valence-corrected chi connectivity index (χ3v) is 2.74. The maximum atomic E-state index is 11.9. The Kier molecular flexibility index (Phi) is 5.08. The number of hydrogen-bond donors (Lipinski definition) is 1. The van der Waals surface area contributed by atoms with E-state index < -0.39 is 12.1 Å². The molecule has 1 fully saturated rings. The van der Waals surface area contributed by atoms with Crippen LogP contribution in [0, 0.1) is 0 Å². The van der Waals surface area contributed by atoms with Gasteiger partial charge in [-0.05, 0) is 13.8 Å². The molecule has 2 amide bonds. The summed E-state index contributed by atoms with van der Waals surface area (Å²) in [6, 6.07) is 0.0342. The third kappa shape index (κ3) is 3.99. The summed E-state index contributed by atoms with van der Waals surface area (Å²) in [7, 11) is 0. The number of carbonyl (C=O) groups is 3. The van der Waals surface area contributed by atoms with Crippen molar-refractivity contribution in [1.82, 2.24) is 9.80 Å². The minimum absolute atomic E-state index is 0.0278. The smallest absolute Gasteiger partial charge is 0.416 e. The number of carbonyl (C=O) groups excluding carboxylic acids is 2. The van der Waals surface area contributed by atoms with Gasteiger partial charge in [-0.25, -0.2) is 9.69 Å². The Labute approximate surface area is 105 Å². The average molecular weight is 258 g/mol. The molecular formula is C11H18N2O5. The molecule has 1 aliphatic heterocycles. The van der Waals surface area contributed by atoms with Gasteiger partial charge in [0, 0.05) is 12.6 Å². The summed E-state index contributed by atoms with van der Waals surface area (Å²) in [5.41, 5.74) is 0. The Hall–Kier alpha value is -1.63. The highest BCUT2D eigenvalue weighted by atomic mass is 16.6. The van der Waals surface area contributed by atoms with Gasteiger partial charge in [-0.3, -0.25) is 14.5 Å². The van der Waals surface area contributed by atoms with Crippen LogP contribution < -0.4 is 0 Å². The van der Waals surface area contributed by atoms with Crippen LogP contribution in [-0.2, 0) is 14.3 Å². The molecule has 0 radical (unpaired) electrons. The lowest BCUT2D eigenvalue weighted by Crippen LogP contribution is -2.44. The Balaban J connectivity index is 2.52. The summed E-state index contributed by atoms with van der Waals surface area (Å²) < 4.78 is 4.68. The lowest BCUT2D eigenvalue weighted by atomic mass is 10.2. The maximum Gasteiger partial charge on any atom is 0.416 e. The van der Waals surface area contributed by atoms with Gasteiger partial charge in [0.05, 0.1) is 19.5 Å². The van der Waals surface area contributed by atoms with Crippen molar-refractivity contribution in [1.29, 1.82) is 0 Å². The van der Waals surface area contributed by atoms with Crippen molar-refractivity contribution in [3.8, 4) is 0 Å². The number of cyclic esters (lactones) is 1. The van der Waals surface area contributed by atoms with E-state index >= 15 is 0 Å². The SMILES string of the molecule is CC(C)N(CCC(=O)O)CC(=O)N1CCOC1=O. The molecule has 1 N–H and O–H groups in total. The van der Waals surface area contributed by atoms with Crippen LogP contribution in [0.2, 0.25) is 0 Å². The molecule has 7 heteroatoms. The summed E-state index contributed by atoms with van der Waals surface area (Å²) >= 11 is 0. The molecule has 0 aliphatic carbocycles. The number of rotatable bonds is 6. The highest BCUT2D eigenvalue weighted by Gasteiger charge is 2.29. The maximum absolute atomic E-state index is 11.9. The van der Waals surface area contributed by atoms with Gasteiger partial charge in [0.2, 0.25) is 5.91 Å². The van der Waals surface area contributed by atoms with E-state index in [1.54, 1.807) is 4.90 Å². The van der Waals surface area contributed by atoms with E-state index in [-0.39, 0.29) is 44.6 Å². The number of imide groups is 1. The minimum atomic E-state index is -0.909. The molecule has 1 heterocycles. The molecule has 0 unspecified atom stereocenters. The summed E-state index contributed by atoms with van der Waals surface area (Å²) in [4.78, 5) is 36.4. The van der Waals surface area contributed by atoms with E-state index in [2.05, 4.69) is 4.74 Å². The zero-order valence-electron chi connectivity index (χ0n) is 10.6. The number of carboxylic acids is 1. The predicted octanol–water partition coefficient (Wildman–Crippen LogP) is 0.150. The zero-order valence-corrected chi connectivity index (χ0v) is 10.6. The first-order valence-corrected chi connectivity index (χ1v) is 5.84. The molecule has 0 atom stereocenters. The fourth-order valence-corrected chi connectivity index (χ4v) is 1.64. The number of ether oxygens (including phenoxy) is 1. The molecule has 0 aromatic heterocycles. The molecule has 102 valence electrons. The van der Waals surface area contributed by atoms with Crippen LogP contribution in [0.15, 0.2) is 0 Å². The second kappa shape index (κ2) is 6.34. The molecular weight excluding hydrogens is 240 g/mol. The lowest BCUT2D eigenvalue weighted by molar-refractivity contribution is -0.138. The first-order chi connectivity index (χ1) is 8.41. The number of carboxylic acid groups (broad SMARTS) is 1. The first kappa shape index (κ1) is 14.4. The highest BCUT2D eigenvalue weighted by Crippen LogP contribution is 2.07. The van der Waals surface area contributed by atoms with E-state index in [0.717, 1.165) is 4.90 Å². The topological polar surface area (TPSA) is 87.2 Å². The van der Waals surface area contributed by atoms with Gasteiger partial charge in [-0.15, -0.1) is 0 Å². The van der Waals surface area contributed by atoms with Gasteiger partial charge in [0.25, 0.3) is 0 Å². The second-order valence-electron chi connectivity index (χ2n) is 4.37. The number of nitrogens with zero attached hydrogens (tertiary/aromatic N) is 2. The zero-order chi connectivity index (χ0) is 13.7. The molecule has 0 bridgehead atoms. The standard InChI is InChI=1S/C11H18N2O5/c1-8(2)12(4-3-10(15)16)7-9(14)13-5-6-18-11(13)17/h8H,3-7H2,1-2H3,(H,15,16). The highest BCUT2D eigenvalue weighted by molar-refractivity contribution is 5.94. The average Bonchev–Trinajstić information content (AvgIpc) is 2.69. The van der Waals surface area contributed by atoms with Gasteiger partial charge < -0.3 is 9.84 Å². The van der Waals surface area contributed by atoms with Crippen molar-refractivity contribution in [3.05, 3.63) is 0 Å². The number of aliphatic carboxylic acids is 1. The molecule has 7 nitrogen and oxygen atoms in total. The Morgan fingerprint density at radius 2 is 2.17 bits per heavy atom. The van der Waals surface area contributed by atoms with Crippen molar-refractivity contribution in [2.45, 2.75) is 26.3 Å². The quantitative estimate of drug-likeness (QED) is 0.729. The van der Waals surface area contributed by atoms with Crippen LogP contribution in [0.4, 0.5) is 4.79 Å².